The van der Waals surface area contributed by atoms with Crippen molar-refractivity contribution in [2.24, 2.45) is 0 Å². The zero-order chi connectivity index (χ0) is 21.7. The van der Waals surface area contributed by atoms with E-state index in [1.54, 1.807) is 38.5 Å². The van der Waals surface area contributed by atoms with E-state index in [1.807, 2.05) is 43.3 Å². The van der Waals surface area contributed by atoms with Crippen molar-refractivity contribution in [2.45, 2.75) is 6.04 Å². The van der Waals surface area contributed by atoms with Gasteiger partial charge >= 0.3 is 0 Å². The van der Waals surface area contributed by atoms with Gasteiger partial charge in [0.25, 0.3) is 5.91 Å². The fourth-order valence-corrected chi connectivity index (χ4v) is 3.37. The molecule has 3 aromatic rings. The van der Waals surface area contributed by atoms with Gasteiger partial charge in [-0.1, -0.05) is 35.0 Å². The molecule has 3 rings (SSSR count). The van der Waals surface area contributed by atoms with Crippen LogP contribution in [0.1, 0.15) is 22.1 Å². The van der Waals surface area contributed by atoms with E-state index >= 15 is 0 Å². The Kier molecular flexibility index (Phi) is 6.97. The average molecular weight is 430 g/mol. The highest BCUT2D eigenvalue weighted by atomic mass is 35.5. The van der Waals surface area contributed by atoms with E-state index in [0.717, 1.165) is 5.56 Å². The fraction of sp³-hybridized carbons (Fsp3) is 0.273. The van der Waals surface area contributed by atoms with Gasteiger partial charge in [-0.15, -0.1) is 0 Å². The van der Waals surface area contributed by atoms with Gasteiger partial charge in [-0.3, -0.25) is 4.79 Å². The number of methoxy groups -OCH3 is 2. The summed E-state index contributed by atoms with van der Waals surface area (Å²) >= 11 is 6.33. The van der Waals surface area contributed by atoms with Gasteiger partial charge in [0.1, 0.15) is 11.5 Å². The fourth-order valence-electron chi connectivity index (χ4n) is 3.11. The number of carbonyl (C=O) groups is 1. The maximum atomic E-state index is 12.7. The molecule has 0 saturated carbocycles. The van der Waals surface area contributed by atoms with Crippen molar-refractivity contribution >= 4 is 17.5 Å². The monoisotopic (exact) mass is 429 g/mol. The molecule has 0 aliphatic heterocycles. The highest BCUT2D eigenvalue weighted by Gasteiger charge is 2.21. The third-order valence-electron chi connectivity index (χ3n) is 4.76. The standard InChI is InChI=1S/C22H24ClN3O4/c1-26(2)19(15-7-5-6-8-17(15)23)13-24-22(27)18-12-21(30-25-18)16-11-14(28-3)9-10-20(16)29-4/h5-12,19H,13H2,1-4H3,(H,24,27). The summed E-state index contributed by atoms with van der Waals surface area (Å²) in [6.07, 6.45) is 0. The van der Waals surface area contributed by atoms with Crippen LogP contribution in [0, 0.1) is 0 Å². The van der Waals surface area contributed by atoms with Gasteiger partial charge < -0.3 is 24.2 Å². The number of halogens is 1. The minimum atomic E-state index is -0.342. The van der Waals surface area contributed by atoms with Crippen molar-refractivity contribution in [1.29, 1.82) is 0 Å². The first-order chi connectivity index (χ1) is 14.4. The third kappa shape index (κ3) is 4.75. The zero-order valence-electron chi connectivity index (χ0n) is 17.3. The minimum absolute atomic E-state index is 0.0903. The molecule has 0 spiro atoms. The molecule has 0 aliphatic rings. The van der Waals surface area contributed by atoms with Gasteiger partial charge in [0.2, 0.25) is 0 Å². The second-order valence-electron chi connectivity index (χ2n) is 6.85. The highest BCUT2D eigenvalue weighted by molar-refractivity contribution is 6.31. The molecular weight excluding hydrogens is 406 g/mol. The Morgan fingerprint density at radius 3 is 2.60 bits per heavy atom. The number of likely N-dealkylation sites (N-methyl/N-ethyl adjacent to an activating group) is 1. The van der Waals surface area contributed by atoms with E-state index in [1.165, 1.54) is 0 Å². The van der Waals surface area contributed by atoms with Gasteiger partial charge in [-0.25, -0.2) is 0 Å². The maximum absolute atomic E-state index is 12.7. The number of hydrogen-bond donors (Lipinski definition) is 1. The Bertz CT molecular complexity index is 1020. The molecule has 0 fully saturated rings. The molecule has 1 atom stereocenters. The Morgan fingerprint density at radius 2 is 1.93 bits per heavy atom. The molecule has 1 unspecified atom stereocenters. The molecule has 7 nitrogen and oxygen atoms in total. The zero-order valence-corrected chi connectivity index (χ0v) is 18.1. The van der Waals surface area contributed by atoms with Crippen LogP contribution < -0.4 is 14.8 Å². The van der Waals surface area contributed by atoms with Crippen LogP contribution in [-0.4, -0.2) is 50.8 Å². The lowest BCUT2D eigenvalue weighted by atomic mass is 10.1. The van der Waals surface area contributed by atoms with E-state index in [4.69, 9.17) is 25.6 Å². The number of carbonyl (C=O) groups excluding carboxylic acids is 1. The molecule has 30 heavy (non-hydrogen) atoms. The highest BCUT2D eigenvalue weighted by Crippen LogP contribution is 2.33. The third-order valence-corrected chi connectivity index (χ3v) is 5.10. The van der Waals surface area contributed by atoms with Crippen molar-refractivity contribution in [3.63, 3.8) is 0 Å². The predicted octanol–water partition coefficient (Wildman–Crippen LogP) is 4.04. The molecule has 158 valence electrons. The smallest absolute Gasteiger partial charge is 0.273 e. The number of nitrogens with one attached hydrogen (secondary N) is 1. The molecule has 1 aromatic heterocycles. The molecule has 0 saturated heterocycles. The van der Waals surface area contributed by atoms with Crippen LogP contribution in [0.5, 0.6) is 11.5 Å². The Balaban J connectivity index is 1.76. The topological polar surface area (TPSA) is 76.8 Å². The summed E-state index contributed by atoms with van der Waals surface area (Å²) in [5.41, 5.74) is 1.75. The molecule has 0 bridgehead atoms. The number of rotatable bonds is 8. The lowest BCUT2D eigenvalue weighted by Gasteiger charge is -2.25. The first-order valence-corrected chi connectivity index (χ1v) is 9.70. The van der Waals surface area contributed by atoms with Crippen molar-refractivity contribution in [3.05, 3.63) is 64.8 Å². The summed E-state index contributed by atoms with van der Waals surface area (Å²) in [4.78, 5) is 14.7. The van der Waals surface area contributed by atoms with Crippen LogP contribution in [0.25, 0.3) is 11.3 Å². The molecule has 8 heteroatoms. The van der Waals surface area contributed by atoms with E-state index in [9.17, 15) is 4.79 Å². The summed E-state index contributed by atoms with van der Waals surface area (Å²) < 4.78 is 16.0. The molecular formula is C22H24ClN3O4. The van der Waals surface area contributed by atoms with Crippen LogP contribution in [-0.2, 0) is 0 Å². The Hall–Kier alpha value is -3.03. The second-order valence-corrected chi connectivity index (χ2v) is 7.26. The molecule has 0 aliphatic carbocycles. The number of ether oxygens (including phenoxy) is 2. The SMILES string of the molecule is COc1ccc(OC)c(-c2cc(C(=O)NCC(c3ccccc3Cl)N(C)C)no2)c1. The van der Waals surface area contributed by atoms with Crippen LogP contribution in [0.3, 0.4) is 0 Å². The average Bonchev–Trinajstić information content (AvgIpc) is 3.24. The van der Waals surface area contributed by atoms with Gasteiger partial charge in [0.15, 0.2) is 11.5 Å². The summed E-state index contributed by atoms with van der Waals surface area (Å²) in [6, 6.07) is 14.4. The molecule has 0 radical (unpaired) electrons. The Morgan fingerprint density at radius 1 is 1.17 bits per heavy atom. The number of hydrogen-bond acceptors (Lipinski definition) is 6. The van der Waals surface area contributed by atoms with E-state index in [0.29, 0.717) is 34.4 Å². The van der Waals surface area contributed by atoms with Crippen LogP contribution in [0.4, 0.5) is 0 Å². The normalized spacial score (nSPS) is 11.9. The van der Waals surface area contributed by atoms with Gasteiger partial charge in [-0.2, -0.15) is 0 Å². The second kappa shape index (κ2) is 9.65. The minimum Gasteiger partial charge on any atom is -0.497 e. The lowest BCUT2D eigenvalue weighted by molar-refractivity contribution is 0.0933. The van der Waals surface area contributed by atoms with E-state index in [2.05, 4.69) is 10.5 Å². The van der Waals surface area contributed by atoms with Gasteiger partial charge in [-0.05, 0) is 43.9 Å². The quantitative estimate of drug-likeness (QED) is 0.582. The Labute approximate surface area is 180 Å². The van der Waals surface area contributed by atoms with Crippen molar-refractivity contribution in [1.82, 2.24) is 15.4 Å². The summed E-state index contributed by atoms with van der Waals surface area (Å²) in [7, 11) is 7.00. The van der Waals surface area contributed by atoms with E-state index in [-0.39, 0.29) is 17.6 Å². The molecule has 2 aromatic carbocycles. The number of aromatic nitrogens is 1. The van der Waals surface area contributed by atoms with E-state index < -0.39 is 0 Å². The number of benzene rings is 2. The maximum Gasteiger partial charge on any atom is 0.273 e. The number of amides is 1. The van der Waals surface area contributed by atoms with Gasteiger partial charge in [0.05, 0.1) is 25.8 Å². The van der Waals surface area contributed by atoms with Crippen molar-refractivity contribution < 1.29 is 18.8 Å². The molecule has 1 heterocycles. The van der Waals surface area contributed by atoms with Crippen molar-refractivity contribution in [3.8, 4) is 22.8 Å². The molecule has 1 amide bonds. The molecule has 1 N–H and O–H groups in total. The van der Waals surface area contributed by atoms with Crippen molar-refractivity contribution in [2.75, 3.05) is 34.9 Å². The largest absolute Gasteiger partial charge is 0.497 e. The first kappa shape index (κ1) is 21.7. The first-order valence-electron chi connectivity index (χ1n) is 9.32. The van der Waals surface area contributed by atoms with Crippen LogP contribution >= 0.6 is 11.6 Å². The van der Waals surface area contributed by atoms with Crippen LogP contribution in [0.15, 0.2) is 53.1 Å². The summed E-state index contributed by atoms with van der Waals surface area (Å²) in [5.74, 6) is 1.30. The lowest BCUT2D eigenvalue weighted by Crippen LogP contribution is -2.34. The van der Waals surface area contributed by atoms with Crippen LogP contribution in [0.2, 0.25) is 5.02 Å². The summed E-state index contributed by atoms with van der Waals surface area (Å²) in [6.45, 7) is 0.361. The summed E-state index contributed by atoms with van der Waals surface area (Å²) in [5, 5.41) is 7.47. The van der Waals surface area contributed by atoms with Gasteiger partial charge in [0, 0.05) is 17.6 Å². The predicted molar refractivity (Wildman–Crippen MR) is 115 cm³/mol. The number of nitrogens with zero attached hydrogens (tertiary/aromatic N) is 2.